The number of pyridine rings is 1. The first-order chi connectivity index (χ1) is 7.36. The molecule has 1 aromatic heterocycles. The van der Waals surface area contributed by atoms with E-state index in [0.29, 0.717) is 26.4 Å². The second-order valence-corrected chi connectivity index (χ2v) is 3.07. The topological polar surface area (TPSA) is 57.4 Å². The van der Waals surface area contributed by atoms with Crippen molar-refractivity contribution < 1.29 is 9.47 Å². The quantitative estimate of drug-likeness (QED) is 0.684. The molecule has 4 heteroatoms. The van der Waals surface area contributed by atoms with Crippen molar-refractivity contribution in [2.24, 2.45) is 5.73 Å². The summed E-state index contributed by atoms with van der Waals surface area (Å²) < 4.78 is 10.5. The van der Waals surface area contributed by atoms with Gasteiger partial charge in [0.15, 0.2) is 0 Å². The Morgan fingerprint density at radius 2 is 1.93 bits per heavy atom. The SMILES string of the molecule is CCOCCOCc1cccc(CN)n1. The highest BCUT2D eigenvalue weighted by atomic mass is 16.5. The molecule has 1 heterocycles. The minimum absolute atomic E-state index is 0.465. The molecule has 1 rings (SSSR count). The number of hydrogen-bond donors (Lipinski definition) is 1. The van der Waals surface area contributed by atoms with Crippen LogP contribution < -0.4 is 5.73 Å². The third kappa shape index (κ3) is 4.88. The predicted octanol–water partition coefficient (Wildman–Crippen LogP) is 1.09. The van der Waals surface area contributed by atoms with Gasteiger partial charge in [-0.1, -0.05) is 6.07 Å². The van der Waals surface area contributed by atoms with E-state index in [2.05, 4.69) is 4.98 Å². The second-order valence-electron chi connectivity index (χ2n) is 3.07. The lowest BCUT2D eigenvalue weighted by atomic mass is 10.3. The van der Waals surface area contributed by atoms with Crippen LogP contribution in [0.2, 0.25) is 0 Å². The Hall–Kier alpha value is -0.970. The van der Waals surface area contributed by atoms with Crippen LogP contribution in [0.5, 0.6) is 0 Å². The van der Waals surface area contributed by atoms with E-state index in [0.717, 1.165) is 18.0 Å². The van der Waals surface area contributed by atoms with Gasteiger partial charge in [0.25, 0.3) is 0 Å². The minimum Gasteiger partial charge on any atom is -0.379 e. The van der Waals surface area contributed by atoms with Gasteiger partial charge in [-0.3, -0.25) is 4.98 Å². The highest BCUT2D eigenvalue weighted by Gasteiger charge is 1.96. The van der Waals surface area contributed by atoms with Crippen molar-refractivity contribution in [1.82, 2.24) is 4.98 Å². The average molecular weight is 210 g/mol. The Morgan fingerprint density at radius 1 is 1.20 bits per heavy atom. The van der Waals surface area contributed by atoms with E-state index in [1.165, 1.54) is 0 Å². The van der Waals surface area contributed by atoms with Crippen molar-refractivity contribution in [3.8, 4) is 0 Å². The molecule has 0 aliphatic carbocycles. The predicted molar refractivity (Wildman–Crippen MR) is 58.3 cm³/mol. The fourth-order valence-electron chi connectivity index (χ4n) is 1.16. The molecule has 0 saturated carbocycles. The molecule has 1 aromatic rings. The smallest absolute Gasteiger partial charge is 0.0889 e. The van der Waals surface area contributed by atoms with Gasteiger partial charge >= 0.3 is 0 Å². The zero-order valence-corrected chi connectivity index (χ0v) is 9.11. The summed E-state index contributed by atoms with van der Waals surface area (Å²) in [5.74, 6) is 0. The molecule has 4 nitrogen and oxygen atoms in total. The van der Waals surface area contributed by atoms with Crippen LogP contribution in [-0.2, 0) is 22.6 Å². The molecule has 0 atom stereocenters. The van der Waals surface area contributed by atoms with Gasteiger partial charge in [-0.15, -0.1) is 0 Å². The van der Waals surface area contributed by atoms with E-state index in [4.69, 9.17) is 15.2 Å². The first kappa shape index (κ1) is 12.1. The molecule has 2 N–H and O–H groups in total. The Labute approximate surface area is 90.4 Å². The van der Waals surface area contributed by atoms with E-state index in [1.807, 2.05) is 25.1 Å². The van der Waals surface area contributed by atoms with Gasteiger partial charge in [-0.25, -0.2) is 0 Å². The maximum Gasteiger partial charge on any atom is 0.0889 e. The molecular weight excluding hydrogens is 192 g/mol. The van der Waals surface area contributed by atoms with Crippen molar-refractivity contribution in [3.63, 3.8) is 0 Å². The largest absolute Gasteiger partial charge is 0.379 e. The summed E-state index contributed by atoms with van der Waals surface area (Å²) in [6.45, 7) is 4.90. The maximum atomic E-state index is 5.49. The van der Waals surface area contributed by atoms with E-state index in [-0.39, 0.29) is 0 Å². The van der Waals surface area contributed by atoms with Gasteiger partial charge in [0.2, 0.25) is 0 Å². The number of nitrogens with two attached hydrogens (primary N) is 1. The fraction of sp³-hybridized carbons (Fsp3) is 0.545. The molecule has 0 aliphatic heterocycles. The van der Waals surface area contributed by atoms with Gasteiger partial charge in [0.1, 0.15) is 0 Å². The summed E-state index contributed by atoms with van der Waals surface area (Å²) in [4.78, 5) is 4.32. The molecule has 84 valence electrons. The number of rotatable bonds is 7. The maximum absolute atomic E-state index is 5.49. The second kappa shape index (κ2) is 7.34. The lowest BCUT2D eigenvalue weighted by Gasteiger charge is -2.05. The Kier molecular flexibility index (Phi) is 5.92. The average Bonchev–Trinajstić information content (AvgIpc) is 2.29. The zero-order valence-electron chi connectivity index (χ0n) is 9.11. The van der Waals surface area contributed by atoms with Crippen LogP contribution in [0.3, 0.4) is 0 Å². The summed E-state index contributed by atoms with van der Waals surface area (Å²) in [5.41, 5.74) is 7.29. The van der Waals surface area contributed by atoms with Crippen molar-refractivity contribution in [1.29, 1.82) is 0 Å². The molecule has 0 aliphatic rings. The summed E-state index contributed by atoms with van der Waals surface area (Å²) in [5, 5.41) is 0. The Morgan fingerprint density at radius 3 is 2.67 bits per heavy atom. The van der Waals surface area contributed by atoms with Gasteiger partial charge in [-0.2, -0.15) is 0 Å². The monoisotopic (exact) mass is 210 g/mol. The molecule has 15 heavy (non-hydrogen) atoms. The highest BCUT2D eigenvalue weighted by molar-refractivity contribution is 5.10. The van der Waals surface area contributed by atoms with Crippen LogP contribution in [0.1, 0.15) is 18.3 Å². The standard InChI is InChI=1S/C11H18N2O2/c1-2-14-6-7-15-9-11-5-3-4-10(8-12)13-11/h3-5H,2,6-9,12H2,1H3. The zero-order chi connectivity index (χ0) is 10.9. The molecule has 0 amide bonds. The Bertz CT molecular complexity index is 279. The van der Waals surface area contributed by atoms with Gasteiger partial charge in [-0.05, 0) is 19.1 Å². The molecule has 0 spiro atoms. The summed E-state index contributed by atoms with van der Waals surface area (Å²) in [6.07, 6.45) is 0. The van der Waals surface area contributed by atoms with Crippen LogP contribution in [0, 0.1) is 0 Å². The molecule has 0 bridgehead atoms. The normalized spacial score (nSPS) is 10.5. The minimum atomic E-state index is 0.465. The third-order valence-electron chi connectivity index (χ3n) is 1.90. The van der Waals surface area contributed by atoms with E-state index in [1.54, 1.807) is 0 Å². The van der Waals surface area contributed by atoms with E-state index in [9.17, 15) is 0 Å². The molecule has 0 aromatic carbocycles. The summed E-state index contributed by atoms with van der Waals surface area (Å²) in [7, 11) is 0. The van der Waals surface area contributed by atoms with Gasteiger partial charge in [0, 0.05) is 13.2 Å². The molecule has 0 fully saturated rings. The van der Waals surface area contributed by atoms with Crippen LogP contribution in [-0.4, -0.2) is 24.8 Å². The summed E-state index contributed by atoms with van der Waals surface area (Å²) >= 11 is 0. The Balaban J connectivity index is 2.24. The van der Waals surface area contributed by atoms with Crippen LogP contribution in [0.25, 0.3) is 0 Å². The first-order valence-electron chi connectivity index (χ1n) is 5.17. The molecule has 0 radical (unpaired) electrons. The van der Waals surface area contributed by atoms with Crippen molar-refractivity contribution in [2.75, 3.05) is 19.8 Å². The van der Waals surface area contributed by atoms with E-state index < -0.39 is 0 Å². The number of nitrogens with zero attached hydrogens (tertiary/aromatic N) is 1. The van der Waals surface area contributed by atoms with Crippen molar-refractivity contribution in [3.05, 3.63) is 29.6 Å². The lowest BCUT2D eigenvalue weighted by Crippen LogP contribution is -2.06. The number of aromatic nitrogens is 1. The number of ether oxygens (including phenoxy) is 2. The van der Waals surface area contributed by atoms with Crippen LogP contribution in [0.15, 0.2) is 18.2 Å². The molecule has 0 saturated heterocycles. The fourth-order valence-corrected chi connectivity index (χ4v) is 1.16. The van der Waals surface area contributed by atoms with Crippen molar-refractivity contribution in [2.45, 2.75) is 20.1 Å². The van der Waals surface area contributed by atoms with Crippen molar-refractivity contribution >= 4 is 0 Å². The van der Waals surface area contributed by atoms with E-state index >= 15 is 0 Å². The highest BCUT2D eigenvalue weighted by Crippen LogP contribution is 2.00. The summed E-state index contributed by atoms with van der Waals surface area (Å²) in [6, 6.07) is 5.78. The third-order valence-corrected chi connectivity index (χ3v) is 1.90. The number of hydrogen-bond acceptors (Lipinski definition) is 4. The molecular formula is C11H18N2O2. The van der Waals surface area contributed by atoms with Crippen LogP contribution in [0.4, 0.5) is 0 Å². The van der Waals surface area contributed by atoms with Gasteiger partial charge < -0.3 is 15.2 Å². The van der Waals surface area contributed by atoms with Gasteiger partial charge in [0.05, 0.1) is 31.2 Å². The lowest BCUT2D eigenvalue weighted by molar-refractivity contribution is 0.0441. The molecule has 0 unspecified atom stereocenters. The van der Waals surface area contributed by atoms with Crippen LogP contribution >= 0.6 is 0 Å². The first-order valence-corrected chi connectivity index (χ1v) is 5.17.